The molecule has 0 saturated carbocycles. The Balaban J connectivity index is 1.97. The van der Waals surface area contributed by atoms with Crippen LogP contribution in [0.5, 0.6) is 0 Å². The van der Waals surface area contributed by atoms with E-state index in [0.29, 0.717) is 11.3 Å². The van der Waals surface area contributed by atoms with Gasteiger partial charge in [0.1, 0.15) is 12.0 Å². The lowest BCUT2D eigenvalue weighted by atomic mass is 10.0. The molecule has 0 radical (unpaired) electrons. The molecular formula is C15H20N2O5. The number of aliphatic hydroxyl groups excluding tert-OH is 1. The molecule has 5 N–H and O–H groups in total. The third-order valence-electron chi connectivity index (χ3n) is 3.95. The minimum atomic E-state index is -2.64. The van der Waals surface area contributed by atoms with Gasteiger partial charge in [-0.05, 0) is 24.8 Å². The number of aryl methyl sites for hydroxylation is 1. The van der Waals surface area contributed by atoms with Crippen molar-refractivity contribution in [1.82, 2.24) is 4.90 Å². The van der Waals surface area contributed by atoms with Gasteiger partial charge in [-0.25, -0.2) is 0 Å². The van der Waals surface area contributed by atoms with Crippen LogP contribution in [0.15, 0.2) is 30.3 Å². The first-order valence-electron chi connectivity index (χ1n) is 7.11. The van der Waals surface area contributed by atoms with Gasteiger partial charge in [-0.15, -0.1) is 0 Å². The normalized spacial score (nSPS) is 21.6. The van der Waals surface area contributed by atoms with Gasteiger partial charge in [0.05, 0.1) is 0 Å². The van der Waals surface area contributed by atoms with E-state index in [0.717, 1.165) is 5.56 Å². The molecule has 1 fully saturated rings. The Morgan fingerprint density at radius 1 is 1.32 bits per heavy atom. The van der Waals surface area contributed by atoms with Crippen molar-refractivity contribution < 1.29 is 24.9 Å². The van der Waals surface area contributed by atoms with E-state index in [1.165, 1.54) is 0 Å². The number of aliphatic hydroxyl groups is 3. The summed E-state index contributed by atoms with van der Waals surface area (Å²) >= 11 is 0. The molecule has 2 rings (SSSR count). The van der Waals surface area contributed by atoms with E-state index in [9.17, 15) is 24.9 Å². The average Bonchev–Trinajstić information content (AvgIpc) is 2.80. The Hall–Kier alpha value is -1.96. The van der Waals surface area contributed by atoms with E-state index in [-0.39, 0.29) is 19.4 Å². The molecule has 0 spiro atoms. The number of benzene rings is 1. The second-order valence-corrected chi connectivity index (χ2v) is 5.46. The van der Waals surface area contributed by atoms with Crippen LogP contribution < -0.4 is 5.73 Å². The highest BCUT2D eigenvalue weighted by atomic mass is 16.5. The molecule has 22 heavy (non-hydrogen) atoms. The van der Waals surface area contributed by atoms with Crippen molar-refractivity contribution in [3.8, 4) is 0 Å². The summed E-state index contributed by atoms with van der Waals surface area (Å²) in [6.07, 6.45) is -0.689. The molecule has 1 aliphatic rings. The Morgan fingerprint density at radius 2 is 1.95 bits per heavy atom. The summed E-state index contributed by atoms with van der Waals surface area (Å²) in [4.78, 5) is 24.0. The standard InChI is InChI=1S/C15H20N2O5/c16-13(19)11-8-9-17(15(11,21)22)14(20)12(18)7-6-10-4-2-1-3-5-10/h1-5,11-12,18,21-22H,6-9H2,(H2,16,19). The van der Waals surface area contributed by atoms with Crippen molar-refractivity contribution in [3.05, 3.63) is 35.9 Å². The average molecular weight is 308 g/mol. The number of rotatable bonds is 5. The van der Waals surface area contributed by atoms with Gasteiger partial charge < -0.3 is 21.1 Å². The van der Waals surface area contributed by atoms with Crippen LogP contribution in [0, 0.1) is 5.92 Å². The SMILES string of the molecule is NC(=O)C1CCN(C(=O)C(O)CCc2ccccc2)C1(O)O. The zero-order chi connectivity index (χ0) is 16.3. The largest absolute Gasteiger partial charge is 0.383 e. The summed E-state index contributed by atoms with van der Waals surface area (Å²) in [6.45, 7) is -0.0398. The topological polar surface area (TPSA) is 124 Å². The Bertz CT molecular complexity index is 546. The van der Waals surface area contributed by atoms with Gasteiger partial charge in [0.15, 0.2) is 0 Å². The van der Waals surface area contributed by atoms with Crippen molar-refractivity contribution in [2.75, 3.05) is 6.54 Å². The zero-order valence-corrected chi connectivity index (χ0v) is 12.1. The molecule has 0 aromatic heterocycles. The fourth-order valence-electron chi connectivity index (χ4n) is 2.66. The van der Waals surface area contributed by atoms with Gasteiger partial charge in [-0.3, -0.25) is 14.5 Å². The number of nitrogens with two attached hydrogens (primary N) is 1. The van der Waals surface area contributed by atoms with Crippen LogP contribution >= 0.6 is 0 Å². The van der Waals surface area contributed by atoms with Crippen molar-refractivity contribution in [1.29, 1.82) is 0 Å². The minimum absolute atomic E-state index is 0.0398. The molecule has 1 heterocycles. The number of amides is 2. The Labute approximate surface area is 128 Å². The Kier molecular flexibility index (Phi) is 4.80. The van der Waals surface area contributed by atoms with E-state index >= 15 is 0 Å². The third kappa shape index (κ3) is 3.27. The minimum Gasteiger partial charge on any atom is -0.383 e. The van der Waals surface area contributed by atoms with Crippen LogP contribution in [-0.4, -0.2) is 50.6 Å². The van der Waals surface area contributed by atoms with E-state index in [4.69, 9.17) is 5.73 Å². The molecule has 7 nitrogen and oxygen atoms in total. The molecular weight excluding hydrogens is 288 g/mol. The predicted molar refractivity (Wildman–Crippen MR) is 77.0 cm³/mol. The molecule has 0 aliphatic carbocycles. The van der Waals surface area contributed by atoms with Gasteiger partial charge in [-0.2, -0.15) is 0 Å². The first-order valence-corrected chi connectivity index (χ1v) is 7.11. The van der Waals surface area contributed by atoms with Crippen LogP contribution in [-0.2, 0) is 16.0 Å². The molecule has 1 saturated heterocycles. The first-order chi connectivity index (χ1) is 10.3. The van der Waals surface area contributed by atoms with Crippen molar-refractivity contribution in [2.24, 2.45) is 11.7 Å². The first kappa shape index (κ1) is 16.4. The van der Waals surface area contributed by atoms with Crippen molar-refractivity contribution >= 4 is 11.8 Å². The van der Waals surface area contributed by atoms with E-state index < -0.39 is 29.7 Å². The second-order valence-electron chi connectivity index (χ2n) is 5.46. The highest BCUT2D eigenvalue weighted by Gasteiger charge is 2.52. The Morgan fingerprint density at radius 3 is 2.50 bits per heavy atom. The highest BCUT2D eigenvalue weighted by molar-refractivity contribution is 5.84. The number of hydrogen-bond donors (Lipinski definition) is 4. The predicted octanol–water partition coefficient (Wildman–Crippen LogP) is -1.05. The molecule has 7 heteroatoms. The van der Waals surface area contributed by atoms with Gasteiger partial charge in [0.2, 0.25) is 5.91 Å². The van der Waals surface area contributed by atoms with Crippen LogP contribution in [0.4, 0.5) is 0 Å². The van der Waals surface area contributed by atoms with E-state index in [2.05, 4.69) is 0 Å². The maximum absolute atomic E-state index is 12.2. The maximum Gasteiger partial charge on any atom is 0.261 e. The van der Waals surface area contributed by atoms with Crippen LogP contribution in [0.1, 0.15) is 18.4 Å². The monoisotopic (exact) mass is 308 g/mol. The third-order valence-corrected chi connectivity index (χ3v) is 3.95. The molecule has 120 valence electrons. The van der Waals surface area contributed by atoms with Crippen LogP contribution in [0.25, 0.3) is 0 Å². The number of likely N-dealkylation sites (tertiary alicyclic amines) is 1. The molecule has 2 unspecified atom stereocenters. The van der Waals surface area contributed by atoms with Crippen molar-refractivity contribution in [3.63, 3.8) is 0 Å². The molecule has 0 bridgehead atoms. The van der Waals surface area contributed by atoms with Gasteiger partial charge in [0, 0.05) is 6.54 Å². The lowest BCUT2D eigenvalue weighted by Crippen LogP contribution is -2.56. The molecule has 1 aliphatic heterocycles. The quantitative estimate of drug-likeness (QED) is 0.517. The van der Waals surface area contributed by atoms with E-state index in [1.54, 1.807) is 0 Å². The summed E-state index contributed by atoms with van der Waals surface area (Å²) in [7, 11) is 0. The van der Waals surface area contributed by atoms with Crippen LogP contribution in [0.3, 0.4) is 0 Å². The summed E-state index contributed by atoms with van der Waals surface area (Å²) in [5.41, 5.74) is 6.05. The summed E-state index contributed by atoms with van der Waals surface area (Å²) in [5, 5.41) is 29.8. The maximum atomic E-state index is 12.2. The number of hydrogen-bond acceptors (Lipinski definition) is 5. The second kappa shape index (κ2) is 6.43. The molecule has 2 atom stereocenters. The smallest absolute Gasteiger partial charge is 0.261 e. The number of primary amides is 1. The number of carbonyl (C=O) groups is 2. The number of nitrogens with zero attached hydrogens (tertiary/aromatic N) is 1. The van der Waals surface area contributed by atoms with Crippen LogP contribution in [0.2, 0.25) is 0 Å². The van der Waals surface area contributed by atoms with E-state index in [1.807, 2.05) is 30.3 Å². The zero-order valence-electron chi connectivity index (χ0n) is 12.1. The summed E-state index contributed by atoms with van der Waals surface area (Å²) < 4.78 is 0. The number of carbonyl (C=O) groups excluding carboxylic acids is 2. The summed E-state index contributed by atoms with van der Waals surface area (Å²) in [6, 6.07) is 9.32. The molecule has 1 aromatic carbocycles. The molecule has 1 aromatic rings. The highest BCUT2D eigenvalue weighted by Crippen LogP contribution is 2.31. The molecule has 2 amide bonds. The summed E-state index contributed by atoms with van der Waals surface area (Å²) in [5.74, 6) is -5.60. The lowest BCUT2D eigenvalue weighted by Gasteiger charge is -2.32. The van der Waals surface area contributed by atoms with Gasteiger partial charge >= 0.3 is 0 Å². The lowest BCUT2D eigenvalue weighted by molar-refractivity contribution is -0.260. The fraction of sp³-hybridized carbons (Fsp3) is 0.467. The van der Waals surface area contributed by atoms with Crippen molar-refractivity contribution in [2.45, 2.75) is 31.3 Å². The fourth-order valence-corrected chi connectivity index (χ4v) is 2.66. The van der Waals surface area contributed by atoms with Gasteiger partial charge in [-0.1, -0.05) is 30.3 Å². The van der Waals surface area contributed by atoms with Gasteiger partial charge in [0.25, 0.3) is 11.8 Å².